The van der Waals surface area contributed by atoms with Crippen molar-refractivity contribution in [3.8, 4) is 92.4 Å². The van der Waals surface area contributed by atoms with Gasteiger partial charge in [-0.2, -0.15) is 10.5 Å². The molecule has 2 saturated carbocycles. The molecule has 4 aliphatic heterocycles. The number of para-hydroxylation sites is 2. The smallest absolute Gasteiger partial charge is 0.246 e. The number of carbonyl (C=O) groups excluding carboxylic acids is 3. The van der Waals surface area contributed by atoms with Gasteiger partial charge in [0.05, 0.1) is 40.9 Å². The summed E-state index contributed by atoms with van der Waals surface area (Å²) < 4.78 is 42.7. The number of nitrogens with two attached hydrogens (primary N) is 3. The third-order valence-corrected chi connectivity index (χ3v) is 23.6. The molecule has 27 nitrogen and oxygen atoms in total. The van der Waals surface area contributed by atoms with Gasteiger partial charge >= 0.3 is 0 Å². The molecule has 6 fully saturated rings. The van der Waals surface area contributed by atoms with Crippen LogP contribution in [0.4, 0.5) is 21.8 Å². The van der Waals surface area contributed by atoms with Gasteiger partial charge in [0.1, 0.15) is 123 Å². The lowest BCUT2D eigenvalue weighted by Gasteiger charge is -2.21. The van der Waals surface area contributed by atoms with Crippen molar-refractivity contribution in [1.82, 2.24) is 73.0 Å². The number of nitrogens with zero attached hydrogens (tertiary/aromatic N) is 17. The Balaban J connectivity index is 0.000000137. The fourth-order valence-electron chi connectivity index (χ4n) is 16.8. The maximum absolute atomic E-state index is 13.6. The number of hydrogen-bond donors (Lipinski definition) is 3. The Hall–Kier alpha value is -14.1. The SMILES string of the molecule is C#Cc1c(-c2ccc(Oc3ccccc3)cc2)c2c(N)ncnc2n1[C@@H]1CCN(C(=O)/C=C/CN(C)C2CC2)C1.CN(C/C=C/C(=O)N1CC[C@@H](n2c(C#N)c(-c3ccc(Oc4cccc(F)c4)cc3)c3c(N)ncnc32)C1)C1CC1.CN(C/C=C/C(=O)N1CC[C@@H](n2c(C#N)c(-c3ccc(Oc4ccccc4)cc3)c3c(N)ncnc32)C1)[C@@H]1CCOC1. The number of nitriles is 2. The number of terminal acetylenes is 1. The van der Waals surface area contributed by atoms with Crippen LogP contribution in [0.15, 0.2) is 213 Å². The molecule has 624 valence electrons. The maximum Gasteiger partial charge on any atom is 0.246 e. The number of fused-ring (bicyclic) bond motifs is 3. The molecule has 18 rings (SSSR count). The number of benzene rings is 6. The van der Waals surface area contributed by atoms with E-state index in [1.165, 1.54) is 56.8 Å². The summed E-state index contributed by atoms with van der Waals surface area (Å²) in [5, 5.41) is 22.7. The molecule has 10 heterocycles. The molecule has 4 saturated heterocycles. The minimum Gasteiger partial charge on any atom is -0.457 e. The van der Waals surface area contributed by atoms with Crippen LogP contribution < -0.4 is 31.4 Å². The first-order valence-electron chi connectivity index (χ1n) is 41.4. The molecule has 6 aromatic heterocycles. The van der Waals surface area contributed by atoms with Gasteiger partial charge in [-0.15, -0.1) is 6.42 Å². The van der Waals surface area contributed by atoms with Crippen molar-refractivity contribution in [3.05, 3.63) is 236 Å². The van der Waals surface area contributed by atoms with E-state index in [0.29, 0.717) is 167 Å². The second-order valence-electron chi connectivity index (χ2n) is 31.7. The van der Waals surface area contributed by atoms with E-state index in [9.17, 15) is 29.3 Å². The van der Waals surface area contributed by atoms with E-state index < -0.39 is 0 Å². The number of likely N-dealkylation sites (tertiary alicyclic amines) is 3. The maximum atomic E-state index is 13.6. The second kappa shape index (κ2) is 37.3. The van der Waals surface area contributed by atoms with E-state index in [2.05, 4.69) is 88.4 Å². The van der Waals surface area contributed by atoms with Crippen molar-refractivity contribution in [2.45, 2.75) is 87.6 Å². The van der Waals surface area contributed by atoms with Crippen molar-refractivity contribution in [3.63, 3.8) is 0 Å². The van der Waals surface area contributed by atoms with E-state index in [1.807, 2.05) is 163 Å². The van der Waals surface area contributed by atoms with Gasteiger partial charge in [0.2, 0.25) is 17.7 Å². The lowest BCUT2D eigenvalue weighted by molar-refractivity contribution is -0.125. The van der Waals surface area contributed by atoms with Crippen LogP contribution in [-0.2, 0) is 19.1 Å². The summed E-state index contributed by atoms with van der Waals surface area (Å²) >= 11 is 0. The number of nitrogen functional groups attached to an aromatic ring is 3. The van der Waals surface area contributed by atoms with Crippen molar-refractivity contribution >= 4 is 68.3 Å². The lowest BCUT2D eigenvalue weighted by Crippen LogP contribution is -2.32. The van der Waals surface area contributed by atoms with Crippen molar-refractivity contribution < 1.29 is 37.7 Å². The Morgan fingerprint density at radius 2 is 0.797 bits per heavy atom. The van der Waals surface area contributed by atoms with E-state index in [-0.39, 0.29) is 47.5 Å². The van der Waals surface area contributed by atoms with E-state index in [0.717, 1.165) is 78.3 Å². The van der Waals surface area contributed by atoms with Gasteiger partial charge < -0.3 is 64.5 Å². The molecular weight excluding hydrogens is 1550 g/mol. The number of ether oxygens (including phenoxy) is 4. The van der Waals surface area contributed by atoms with Crippen molar-refractivity contribution in [2.24, 2.45) is 0 Å². The van der Waals surface area contributed by atoms with Crippen molar-refractivity contribution in [1.29, 1.82) is 10.5 Å². The van der Waals surface area contributed by atoms with Crippen LogP contribution in [0.2, 0.25) is 0 Å². The van der Waals surface area contributed by atoms with Gasteiger partial charge in [-0.1, -0.05) is 103 Å². The lowest BCUT2D eigenvalue weighted by atomic mass is 10.0. The molecule has 6 aromatic carbocycles. The van der Waals surface area contributed by atoms with Crippen molar-refractivity contribution in [2.75, 3.05) is 110 Å². The Morgan fingerprint density at radius 3 is 1.14 bits per heavy atom. The summed E-state index contributed by atoms with van der Waals surface area (Å²) in [6.07, 6.45) is 29.3. The summed E-state index contributed by atoms with van der Waals surface area (Å²) in [6, 6.07) is 53.8. The fraction of sp³-hybridized carbons (Fsp3) is 0.295. The zero-order valence-corrected chi connectivity index (χ0v) is 68.8. The molecule has 4 atom stereocenters. The summed E-state index contributed by atoms with van der Waals surface area (Å²) in [4.78, 5) is 77.6. The standard InChI is InChI=1S/C32H33N7O3.C32H32N6O2.C31H30FN7O2/c1-37(24-14-17-41-20-24)15-5-8-28(40)38-16-13-23(19-38)39-27(18-33)29(30-31(34)35-21-36-32(30)39)22-9-11-26(12-10-22)42-25-6-3-2-4-7-25;1-3-27-29(22-11-15-26(16-12-22)40-25-8-5-4-6-9-25)30-31(33)34-21-35-32(30)38(27)24-17-19-37(20-24)28(39)10-7-18-36(2)23-13-14-23;1-37(22-9-10-22)14-3-6-27(40)38-15-13-23(18-38)39-26(17-33)28(29-30(34)35-19-36-31(29)39)20-7-11-24(12-8-20)41-25-5-2-4-21(32)16-25/h2-12,21,23-24H,13-17,19-20H2,1H3,(H2,34,35,36);1,4-12,15-16,21,23-24H,13-14,17-20H2,2H3,(H2,33,34,35);2-8,11-12,16,19,22-23H,9-10,13-15,18H2,1H3,(H2,34,35,36)/b8-5+;10-7+;6-3+/t23-,24-;24-;23-/m111/s1. The van der Waals surface area contributed by atoms with Crippen LogP contribution in [0.1, 0.15) is 86.6 Å². The quantitative estimate of drug-likeness (QED) is 0.0374. The average Bonchev–Trinajstić information content (AvgIpc) is 1.59. The summed E-state index contributed by atoms with van der Waals surface area (Å²) in [6.45, 7) is 7.05. The largest absolute Gasteiger partial charge is 0.457 e. The first-order chi connectivity index (χ1) is 60.0. The summed E-state index contributed by atoms with van der Waals surface area (Å²) in [5.74, 6) is 7.22. The Bertz CT molecular complexity index is 6080. The predicted octanol–water partition coefficient (Wildman–Crippen LogP) is 14.2. The fourth-order valence-corrected chi connectivity index (χ4v) is 16.8. The number of rotatable bonds is 24. The normalized spacial score (nSPS) is 17.6. The van der Waals surface area contributed by atoms with Gasteiger partial charge in [0.25, 0.3) is 0 Å². The highest BCUT2D eigenvalue weighted by Gasteiger charge is 2.37. The molecule has 0 spiro atoms. The van der Waals surface area contributed by atoms with Gasteiger partial charge in [0.15, 0.2) is 0 Å². The summed E-state index contributed by atoms with van der Waals surface area (Å²) in [7, 11) is 6.23. The highest BCUT2D eigenvalue weighted by Crippen LogP contribution is 2.45. The number of amides is 3. The highest BCUT2D eigenvalue weighted by atomic mass is 19.1. The third kappa shape index (κ3) is 18.5. The zero-order valence-electron chi connectivity index (χ0n) is 68.8. The molecule has 12 aromatic rings. The topological polar surface area (TPSA) is 325 Å². The molecule has 0 unspecified atom stereocenters. The molecule has 28 heteroatoms. The van der Waals surface area contributed by atoms with Gasteiger partial charge in [0, 0.05) is 125 Å². The van der Waals surface area contributed by atoms with Crippen LogP contribution in [0, 0.1) is 40.8 Å². The van der Waals surface area contributed by atoms with Gasteiger partial charge in [-0.05, 0) is 162 Å². The molecule has 6 N–H and O–H groups in total. The van der Waals surface area contributed by atoms with E-state index in [1.54, 1.807) is 42.5 Å². The molecule has 123 heavy (non-hydrogen) atoms. The predicted molar refractivity (Wildman–Crippen MR) is 470 cm³/mol. The first kappa shape index (κ1) is 82.6. The van der Waals surface area contributed by atoms with Crippen LogP contribution in [0.25, 0.3) is 66.5 Å². The zero-order chi connectivity index (χ0) is 85.2. The second-order valence-corrected chi connectivity index (χ2v) is 31.7. The highest BCUT2D eigenvalue weighted by molar-refractivity contribution is 6.06. The Kier molecular flexibility index (Phi) is 25.0. The average molecular weight is 1650 g/mol. The number of hydrogen-bond acceptors (Lipinski definition) is 21. The molecular formula is C95H95FN20O7. The molecule has 6 aliphatic rings. The van der Waals surface area contributed by atoms with Crippen LogP contribution >= 0.6 is 0 Å². The molecule has 3 amide bonds. The Morgan fingerprint density at radius 1 is 0.455 bits per heavy atom. The number of aromatic nitrogens is 9. The van der Waals surface area contributed by atoms with Crippen LogP contribution in [-0.4, -0.2) is 202 Å². The number of halogens is 1. The van der Waals surface area contributed by atoms with Gasteiger partial charge in [-0.25, -0.2) is 34.3 Å². The number of likely N-dealkylation sites (N-methyl/N-ethyl adjacent to an activating group) is 3. The minimum atomic E-state index is -0.384. The van der Waals surface area contributed by atoms with Gasteiger partial charge in [-0.3, -0.25) is 29.1 Å². The molecule has 0 bridgehead atoms. The summed E-state index contributed by atoms with van der Waals surface area (Å²) in [5.41, 5.74) is 27.1. The minimum absolute atomic E-state index is 0.0220. The first-order valence-corrected chi connectivity index (χ1v) is 41.4. The monoisotopic (exact) mass is 1650 g/mol. The number of carbonyl (C=O) groups is 3. The number of anilines is 3. The van der Waals surface area contributed by atoms with E-state index >= 15 is 0 Å². The molecule has 0 radical (unpaired) electrons. The Labute approximate surface area is 712 Å². The van der Waals surface area contributed by atoms with E-state index in [4.69, 9.17) is 42.6 Å². The van der Waals surface area contributed by atoms with Crippen LogP contribution in [0.5, 0.6) is 34.5 Å². The molecule has 2 aliphatic carbocycles. The third-order valence-electron chi connectivity index (χ3n) is 23.6. The van der Waals surface area contributed by atoms with Crippen LogP contribution in [0.3, 0.4) is 0 Å².